The third kappa shape index (κ3) is 7.72. The molecule has 7 rings (SSSR count). The van der Waals surface area contributed by atoms with Crippen LogP contribution in [0.4, 0.5) is 36.6 Å². The largest absolute Gasteiger partial charge is 0.435 e. The van der Waals surface area contributed by atoms with Crippen LogP contribution in [0.1, 0.15) is 46.6 Å². The van der Waals surface area contributed by atoms with Crippen LogP contribution in [0, 0.1) is 11.6 Å². The molecule has 0 bridgehead atoms. The minimum Gasteiger partial charge on any atom is -0.346 e. The van der Waals surface area contributed by atoms with E-state index in [-0.39, 0.29) is 23.5 Å². The highest BCUT2D eigenvalue weighted by molar-refractivity contribution is 7.92. The first-order chi connectivity index (χ1) is 26.7. The van der Waals surface area contributed by atoms with Crippen molar-refractivity contribution in [3.05, 3.63) is 113 Å². The van der Waals surface area contributed by atoms with E-state index in [1.807, 2.05) is 0 Å². The Kier molecular flexibility index (Phi) is 9.73. The van der Waals surface area contributed by atoms with Crippen molar-refractivity contribution < 1.29 is 43.9 Å². The van der Waals surface area contributed by atoms with Gasteiger partial charge in [-0.05, 0) is 36.2 Å². The standard InChI is InChI=1S/C37H32F7N9O3S/c1-5-20-15-36(40,41)34-30(20)33(37(42,43)44)48-53(34)18-29(54)46-28(13-19-11-22(38)14-23(39)12-19)31-24(9-10-27(47-31)21-16-45-51(2)17-21)25-7-6-8-26-32(25)52(3)49-35(26)50-57(4,55)56/h5-12,14,16-17,20,28H,1,13,15,18H2,2-4H3,(H,46,54)(H,49,50)/t20-,28-/m0/s1. The maximum atomic E-state index is 15.3. The number of halogens is 7. The number of hydrogen-bond donors (Lipinski definition) is 2. The lowest BCUT2D eigenvalue weighted by molar-refractivity contribution is -0.142. The van der Waals surface area contributed by atoms with Crippen LogP contribution in [0.25, 0.3) is 33.3 Å². The Hall–Kier alpha value is -6.05. The van der Waals surface area contributed by atoms with Crippen molar-refractivity contribution in [2.24, 2.45) is 14.1 Å². The summed E-state index contributed by atoms with van der Waals surface area (Å²) in [6.45, 7) is 2.32. The molecule has 2 atom stereocenters. The minimum absolute atomic E-state index is 0.0129. The van der Waals surface area contributed by atoms with E-state index in [0.29, 0.717) is 44.0 Å². The number of nitrogens with one attached hydrogen (secondary N) is 2. The highest BCUT2D eigenvalue weighted by Crippen LogP contribution is 2.52. The van der Waals surface area contributed by atoms with Crippen LogP contribution in [0.3, 0.4) is 0 Å². The number of carbonyl (C=O) groups excluding carboxylic acids is 1. The number of alkyl halides is 5. The average molecular weight is 816 g/mol. The summed E-state index contributed by atoms with van der Waals surface area (Å²) in [6.07, 6.45) is -1.39. The van der Waals surface area contributed by atoms with E-state index >= 15 is 8.78 Å². The molecule has 4 heterocycles. The molecule has 0 saturated carbocycles. The van der Waals surface area contributed by atoms with E-state index in [2.05, 4.69) is 31.9 Å². The lowest BCUT2D eigenvalue weighted by Gasteiger charge is -2.23. The monoisotopic (exact) mass is 815 g/mol. The van der Waals surface area contributed by atoms with Gasteiger partial charge >= 0.3 is 6.18 Å². The van der Waals surface area contributed by atoms with Crippen molar-refractivity contribution in [2.75, 3.05) is 11.0 Å². The topological polar surface area (TPSA) is 142 Å². The van der Waals surface area contributed by atoms with E-state index in [1.54, 1.807) is 50.6 Å². The summed E-state index contributed by atoms with van der Waals surface area (Å²) in [4.78, 5) is 18.8. The van der Waals surface area contributed by atoms with E-state index in [0.717, 1.165) is 24.5 Å². The highest BCUT2D eigenvalue weighted by Gasteiger charge is 2.53. The summed E-state index contributed by atoms with van der Waals surface area (Å²) in [5.41, 5.74) is -1.28. The molecule has 1 aliphatic rings. The van der Waals surface area contributed by atoms with Gasteiger partial charge in [-0.1, -0.05) is 24.3 Å². The smallest absolute Gasteiger partial charge is 0.346 e. The van der Waals surface area contributed by atoms with Crippen molar-refractivity contribution in [2.45, 2.75) is 43.4 Å². The van der Waals surface area contributed by atoms with Gasteiger partial charge in [0, 0.05) is 66.3 Å². The second-order valence-corrected chi connectivity index (χ2v) is 15.4. The van der Waals surface area contributed by atoms with Gasteiger partial charge in [-0.2, -0.15) is 37.2 Å². The summed E-state index contributed by atoms with van der Waals surface area (Å²) < 4.78 is 132. The fourth-order valence-corrected chi connectivity index (χ4v) is 7.76. The second-order valence-electron chi connectivity index (χ2n) is 13.7. The zero-order valence-electron chi connectivity index (χ0n) is 30.2. The lowest BCUT2D eigenvalue weighted by atomic mass is 9.93. The minimum atomic E-state index is -5.13. The van der Waals surface area contributed by atoms with Gasteiger partial charge in [0.15, 0.2) is 11.5 Å². The number of sulfonamides is 1. The number of anilines is 1. The fraction of sp³-hybridized carbons (Fsp3) is 0.270. The molecular formula is C37H32F7N9O3S. The van der Waals surface area contributed by atoms with Crippen LogP contribution in [0.5, 0.6) is 0 Å². The SMILES string of the molecule is C=C[C@H]1CC(F)(F)c2c1c(C(F)(F)F)nn2CC(=O)N[C@@H](Cc1cc(F)cc(F)c1)c1nc(-c2cnn(C)c2)ccc1-c1cccc2c(NS(C)(=O)=O)nn(C)c12. The normalized spacial score (nSPS) is 15.8. The zero-order valence-corrected chi connectivity index (χ0v) is 31.1. The predicted molar refractivity (Wildman–Crippen MR) is 194 cm³/mol. The van der Waals surface area contributed by atoms with Crippen molar-refractivity contribution in [3.63, 3.8) is 0 Å². The molecule has 1 aliphatic carbocycles. The molecule has 298 valence electrons. The molecule has 0 unspecified atom stereocenters. The number of hydrogen-bond acceptors (Lipinski definition) is 7. The number of benzene rings is 2. The molecule has 0 aliphatic heterocycles. The number of allylic oxidation sites excluding steroid dienone is 1. The fourth-order valence-electron chi connectivity index (χ4n) is 7.26. The molecule has 57 heavy (non-hydrogen) atoms. The van der Waals surface area contributed by atoms with Gasteiger partial charge in [0.1, 0.15) is 23.9 Å². The third-order valence-electron chi connectivity index (χ3n) is 9.42. The summed E-state index contributed by atoms with van der Waals surface area (Å²) in [7, 11) is -0.534. The van der Waals surface area contributed by atoms with E-state index < -0.39 is 81.5 Å². The van der Waals surface area contributed by atoms with Crippen molar-refractivity contribution in [1.82, 2.24) is 39.6 Å². The van der Waals surface area contributed by atoms with Crippen LogP contribution in [-0.2, 0) is 54.0 Å². The lowest BCUT2D eigenvalue weighted by Crippen LogP contribution is -2.35. The number of para-hydroxylation sites is 1. The summed E-state index contributed by atoms with van der Waals surface area (Å²) >= 11 is 0. The molecule has 2 aromatic carbocycles. The first-order valence-corrected chi connectivity index (χ1v) is 19.0. The Balaban J connectivity index is 1.39. The number of carbonyl (C=O) groups is 1. The first-order valence-electron chi connectivity index (χ1n) is 17.1. The molecule has 0 radical (unpaired) electrons. The summed E-state index contributed by atoms with van der Waals surface area (Å²) in [6, 6.07) is 9.55. The van der Waals surface area contributed by atoms with Crippen LogP contribution < -0.4 is 10.0 Å². The first kappa shape index (κ1) is 39.2. The van der Waals surface area contributed by atoms with Crippen LogP contribution >= 0.6 is 0 Å². The Morgan fingerprint density at radius 2 is 1.79 bits per heavy atom. The van der Waals surface area contributed by atoms with Crippen LogP contribution in [-0.4, -0.2) is 54.9 Å². The molecule has 0 spiro atoms. The Labute approximate surface area is 320 Å². The average Bonchev–Trinajstić information content (AvgIpc) is 3.86. The maximum Gasteiger partial charge on any atom is 0.435 e. The van der Waals surface area contributed by atoms with Gasteiger partial charge in [-0.3, -0.25) is 23.6 Å². The molecule has 0 saturated heterocycles. The highest BCUT2D eigenvalue weighted by atomic mass is 32.2. The maximum absolute atomic E-state index is 15.3. The Bertz CT molecular complexity index is 2670. The number of pyridine rings is 1. The van der Waals surface area contributed by atoms with Gasteiger partial charge in [0.25, 0.3) is 5.92 Å². The molecule has 1 amide bonds. The molecule has 12 nitrogen and oxygen atoms in total. The van der Waals surface area contributed by atoms with Crippen LogP contribution in [0.15, 0.2) is 73.6 Å². The summed E-state index contributed by atoms with van der Waals surface area (Å²) in [5, 5.41) is 15.0. The van der Waals surface area contributed by atoms with Crippen molar-refractivity contribution >= 4 is 32.7 Å². The molecule has 0 fully saturated rings. The number of aromatic nitrogens is 7. The molecule has 2 N–H and O–H groups in total. The molecule has 20 heteroatoms. The number of nitrogens with zero attached hydrogens (tertiary/aromatic N) is 7. The van der Waals surface area contributed by atoms with Gasteiger partial charge in [-0.15, -0.1) is 6.58 Å². The molecule has 4 aromatic heterocycles. The molecule has 6 aromatic rings. The van der Waals surface area contributed by atoms with E-state index in [9.17, 15) is 35.2 Å². The Morgan fingerprint density at radius 3 is 2.42 bits per heavy atom. The van der Waals surface area contributed by atoms with E-state index in [4.69, 9.17) is 4.98 Å². The van der Waals surface area contributed by atoms with Gasteiger partial charge < -0.3 is 5.32 Å². The second kappa shape index (κ2) is 14.2. The molecular weight excluding hydrogens is 784 g/mol. The number of aryl methyl sites for hydroxylation is 2. The Morgan fingerprint density at radius 1 is 1.07 bits per heavy atom. The number of rotatable bonds is 11. The van der Waals surface area contributed by atoms with Crippen LogP contribution in [0.2, 0.25) is 0 Å². The van der Waals surface area contributed by atoms with Gasteiger partial charge in [0.2, 0.25) is 15.9 Å². The summed E-state index contributed by atoms with van der Waals surface area (Å²) in [5.74, 6) is -8.12. The quantitative estimate of drug-likeness (QED) is 0.109. The van der Waals surface area contributed by atoms with E-state index in [1.165, 1.54) is 15.6 Å². The predicted octanol–water partition coefficient (Wildman–Crippen LogP) is 6.77. The van der Waals surface area contributed by atoms with Crippen molar-refractivity contribution in [3.8, 4) is 22.4 Å². The number of fused-ring (bicyclic) bond motifs is 2. The zero-order chi connectivity index (χ0) is 41.2. The third-order valence-corrected chi connectivity index (χ3v) is 9.98. The van der Waals surface area contributed by atoms with Crippen molar-refractivity contribution in [1.29, 1.82) is 0 Å². The number of amides is 1. The van der Waals surface area contributed by atoms with Gasteiger partial charge in [0.05, 0.1) is 35.4 Å². The van der Waals surface area contributed by atoms with Gasteiger partial charge in [-0.25, -0.2) is 22.2 Å².